The van der Waals surface area contributed by atoms with E-state index in [1.165, 1.54) is 23.8 Å². The van der Waals surface area contributed by atoms with Crippen LogP contribution in [0, 0.1) is 0 Å². The molecule has 1 saturated carbocycles. The number of ether oxygens (including phenoxy) is 1. The molecule has 14 heteroatoms. The third-order valence-corrected chi connectivity index (χ3v) is 12.1. The molecule has 1 N–H and O–H groups in total. The molecule has 0 radical (unpaired) electrons. The van der Waals surface area contributed by atoms with Crippen LogP contribution in [0.3, 0.4) is 0 Å². The SMILES string of the molecule is CN1CCC(Oc2ccc(Nc3ncc4cc(-c5c(Cl)cc(S(=O)(=O)c6cncs6)cc5Cl)c(=O)n(C5CCCC5)c4n3)cc2)C1. The second-order valence-electron chi connectivity index (χ2n) is 11.7. The van der Waals surface area contributed by atoms with Crippen LogP contribution < -0.4 is 15.6 Å². The number of anilines is 2. The summed E-state index contributed by atoms with van der Waals surface area (Å²) in [5.41, 5.74) is 2.94. The summed E-state index contributed by atoms with van der Waals surface area (Å²) < 4.78 is 34.2. The van der Waals surface area contributed by atoms with E-state index < -0.39 is 9.84 Å². The molecular weight excluding hydrogens is 667 g/mol. The van der Waals surface area contributed by atoms with Crippen molar-refractivity contribution in [1.29, 1.82) is 0 Å². The molecule has 1 saturated heterocycles. The van der Waals surface area contributed by atoms with Gasteiger partial charge >= 0.3 is 0 Å². The molecule has 3 aromatic heterocycles. The van der Waals surface area contributed by atoms with Gasteiger partial charge in [-0.15, -0.1) is 11.3 Å². The predicted octanol–water partition coefficient (Wildman–Crippen LogP) is 7.00. The molecule has 0 spiro atoms. The number of nitrogens with zero attached hydrogens (tertiary/aromatic N) is 5. The van der Waals surface area contributed by atoms with Gasteiger partial charge in [-0.3, -0.25) is 14.3 Å². The molecule has 2 aliphatic rings. The van der Waals surface area contributed by atoms with Crippen LogP contribution in [0.5, 0.6) is 5.75 Å². The number of pyridine rings is 1. The normalized spacial score (nSPS) is 17.6. The second-order valence-corrected chi connectivity index (χ2v) is 15.5. The maximum absolute atomic E-state index is 14.2. The van der Waals surface area contributed by atoms with E-state index in [0.717, 1.165) is 68.0 Å². The number of halogens is 2. The highest BCUT2D eigenvalue weighted by molar-refractivity contribution is 7.93. The zero-order valence-electron chi connectivity index (χ0n) is 24.8. The average molecular weight is 698 g/mol. The van der Waals surface area contributed by atoms with Gasteiger partial charge in [0.15, 0.2) is 0 Å². The number of hydrogen-bond donors (Lipinski definition) is 1. The second kappa shape index (κ2) is 12.6. The minimum Gasteiger partial charge on any atom is -0.489 e. The first kappa shape index (κ1) is 31.1. The minimum absolute atomic E-state index is 0.0524. The third kappa shape index (κ3) is 6.00. The van der Waals surface area contributed by atoms with Gasteiger partial charge in [0.2, 0.25) is 15.8 Å². The average Bonchev–Trinajstić information content (AvgIpc) is 3.83. The third-order valence-electron chi connectivity index (χ3n) is 8.49. The van der Waals surface area contributed by atoms with Crippen molar-refractivity contribution in [2.24, 2.45) is 0 Å². The van der Waals surface area contributed by atoms with Gasteiger partial charge in [-0.25, -0.2) is 13.4 Å². The number of thiazole rings is 1. The fraction of sp³-hybridized carbons (Fsp3) is 0.312. The fourth-order valence-corrected chi connectivity index (χ4v) is 9.27. The maximum Gasteiger partial charge on any atom is 0.260 e. The van der Waals surface area contributed by atoms with Gasteiger partial charge < -0.3 is 15.0 Å². The molecule has 1 aliphatic carbocycles. The maximum atomic E-state index is 14.2. The summed E-state index contributed by atoms with van der Waals surface area (Å²) in [6, 6.07) is 11.9. The zero-order chi connectivity index (χ0) is 32.0. The lowest BCUT2D eigenvalue weighted by Crippen LogP contribution is -2.26. The summed E-state index contributed by atoms with van der Waals surface area (Å²) in [4.78, 5) is 29.6. The number of nitrogens with one attached hydrogen (secondary N) is 1. The Hall–Kier alpha value is -3.55. The Bertz CT molecular complexity index is 2060. The Morgan fingerprint density at radius 3 is 2.41 bits per heavy atom. The summed E-state index contributed by atoms with van der Waals surface area (Å²) in [7, 11) is -1.79. The van der Waals surface area contributed by atoms with E-state index in [1.54, 1.807) is 16.8 Å². The number of rotatable bonds is 8. The van der Waals surface area contributed by atoms with Crippen molar-refractivity contribution in [3.8, 4) is 16.9 Å². The van der Waals surface area contributed by atoms with Crippen LogP contribution in [-0.2, 0) is 9.84 Å². The summed E-state index contributed by atoms with van der Waals surface area (Å²) >= 11 is 14.4. The topological polar surface area (TPSA) is 119 Å². The number of likely N-dealkylation sites (tertiary alicyclic amines) is 1. The highest BCUT2D eigenvalue weighted by atomic mass is 35.5. The molecule has 238 valence electrons. The van der Waals surface area contributed by atoms with Crippen LogP contribution in [0.25, 0.3) is 22.2 Å². The molecule has 4 heterocycles. The summed E-state index contributed by atoms with van der Waals surface area (Å²) in [5.74, 6) is 1.16. The van der Waals surface area contributed by atoms with Crippen LogP contribution >= 0.6 is 34.5 Å². The lowest BCUT2D eigenvalue weighted by Gasteiger charge is -2.19. The molecule has 2 fully saturated rings. The lowest BCUT2D eigenvalue weighted by atomic mass is 10.0. The van der Waals surface area contributed by atoms with Crippen LogP contribution in [0.2, 0.25) is 10.0 Å². The molecule has 2 aromatic carbocycles. The van der Waals surface area contributed by atoms with E-state index >= 15 is 0 Å². The molecule has 5 aromatic rings. The molecule has 1 atom stereocenters. The van der Waals surface area contributed by atoms with Gasteiger partial charge in [0.05, 0.1) is 32.2 Å². The van der Waals surface area contributed by atoms with Crippen molar-refractivity contribution >= 4 is 67.0 Å². The van der Waals surface area contributed by atoms with Crippen molar-refractivity contribution in [2.45, 2.75) is 53.4 Å². The Morgan fingerprint density at radius 1 is 1.02 bits per heavy atom. The molecule has 7 rings (SSSR count). The number of likely N-dealkylation sites (N-methyl/N-ethyl adjacent to an activating group) is 1. The largest absolute Gasteiger partial charge is 0.489 e. The van der Waals surface area contributed by atoms with Crippen molar-refractivity contribution in [3.63, 3.8) is 0 Å². The summed E-state index contributed by atoms with van der Waals surface area (Å²) in [6.07, 6.45) is 7.79. The molecule has 46 heavy (non-hydrogen) atoms. The van der Waals surface area contributed by atoms with Crippen molar-refractivity contribution in [2.75, 3.05) is 25.5 Å². The van der Waals surface area contributed by atoms with E-state index in [9.17, 15) is 13.2 Å². The van der Waals surface area contributed by atoms with E-state index in [2.05, 4.69) is 27.2 Å². The lowest BCUT2D eigenvalue weighted by molar-refractivity contribution is 0.208. The highest BCUT2D eigenvalue weighted by Crippen LogP contribution is 2.39. The van der Waals surface area contributed by atoms with Crippen molar-refractivity contribution in [1.82, 2.24) is 24.4 Å². The van der Waals surface area contributed by atoms with E-state index in [4.69, 9.17) is 32.9 Å². The van der Waals surface area contributed by atoms with Crippen molar-refractivity contribution < 1.29 is 13.2 Å². The number of hydrogen-bond acceptors (Lipinski definition) is 10. The summed E-state index contributed by atoms with van der Waals surface area (Å²) in [5, 5.41) is 3.99. The van der Waals surface area contributed by atoms with Gasteiger partial charge in [0.1, 0.15) is 21.7 Å². The molecule has 10 nitrogen and oxygen atoms in total. The van der Waals surface area contributed by atoms with E-state index in [-0.39, 0.29) is 48.0 Å². The zero-order valence-corrected chi connectivity index (χ0v) is 28.0. The van der Waals surface area contributed by atoms with Crippen LogP contribution in [0.1, 0.15) is 38.1 Å². The van der Waals surface area contributed by atoms with Crippen LogP contribution in [0.4, 0.5) is 11.6 Å². The van der Waals surface area contributed by atoms with Crippen LogP contribution in [0.15, 0.2) is 74.3 Å². The van der Waals surface area contributed by atoms with Gasteiger partial charge in [-0.05, 0) is 68.8 Å². The van der Waals surface area contributed by atoms with Gasteiger partial charge in [-0.1, -0.05) is 36.0 Å². The van der Waals surface area contributed by atoms with Gasteiger partial charge in [-0.2, -0.15) is 4.98 Å². The Labute approximate surface area is 279 Å². The van der Waals surface area contributed by atoms with Gasteiger partial charge in [0, 0.05) is 42.0 Å². The molecule has 1 unspecified atom stereocenters. The molecule has 0 bridgehead atoms. The van der Waals surface area contributed by atoms with Crippen LogP contribution in [-0.4, -0.2) is 59.1 Å². The first-order chi connectivity index (χ1) is 22.2. The monoisotopic (exact) mass is 696 g/mol. The highest BCUT2D eigenvalue weighted by Gasteiger charge is 2.27. The first-order valence-corrected chi connectivity index (χ1v) is 18.1. The Morgan fingerprint density at radius 2 is 1.76 bits per heavy atom. The minimum atomic E-state index is -3.88. The standard InChI is InChI=1S/C32H30Cl2N6O4S2/c1-39-11-10-23(17-39)44-22-8-6-20(7-9-22)37-32-36-15-19-12-25(31(41)40(30(19)38-32)21-4-2-3-5-21)29-26(33)13-24(14-27(29)34)46(42,43)28-16-35-18-45-28/h6-9,12-16,18,21,23H,2-5,10-11,17H2,1H3,(H,36,37,38). The van der Waals surface area contributed by atoms with E-state index in [0.29, 0.717) is 17.0 Å². The fourth-order valence-electron chi connectivity index (χ4n) is 6.21. The smallest absolute Gasteiger partial charge is 0.260 e. The Balaban J connectivity index is 1.24. The number of benzene rings is 2. The predicted molar refractivity (Wildman–Crippen MR) is 181 cm³/mol. The Kier molecular flexibility index (Phi) is 8.49. The van der Waals surface area contributed by atoms with Gasteiger partial charge in [0.25, 0.3) is 5.56 Å². The first-order valence-electron chi connectivity index (χ1n) is 14.9. The summed E-state index contributed by atoms with van der Waals surface area (Å²) in [6.45, 7) is 1.94. The molecule has 0 amide bonds. The van der Waals surface area contributed by atoms with Crippen molar-refractivity contribution in [3.05, 3.63) is 80.8 Å². The number of fused-ring (bicyclic) bond motifs is 1. The molecular formula is C32H30Cl2N6O4S2. The number of aromatic nitrogens is 4. The van der Waals surface area contributed by atoms with E-state index in [1.807, 2.05) is 24.3 Å². The molecule has 1 aliphatic heterocycles. The number of sulfone groups is 1. The quantitative estimate of drug-likeness (QED) is 0.183.